The summed E-state index contributed by atoms with van der Waals surface area (Å²) in [6, 6.07) is 7.00. The van der Waals surface area contributed by atoms with Crippen LogP contribution in [0.2, 0.25) is 0 Å². The van der Waals surface area contributed by atoms with E-state index in [0.717, 1.165) is 0 Å². The highest BCUT2D eigenvalue weighted by Crippen LogP contribution is 2.12. The van der Waals surface area contributed by atoms with Gasteiger partial charge in [-0.25, -0.2) is 4.79 Å². The van der Waals surface area contributed by atoms with Gasteiger partial charge in [0.25, 0.3) is 0 Å². The molecule has 5 heteroatoms. The first-order valence-corrected chi connectivity index (χ1v) is 4.37. The standard InChI is InChI=1S/C10H9N3O2/c1-15-10(14)8-4-2-3-5-9(8)13-11-6-7-12-13/h2-7H,1H3. The van der Waals surface area contributed by atoms with E-state index in [1.807, 2.05) is 6.07 Å². The van der Waals surface area contributed by atoms with Crippen LogP contribution in [0.15, 0.2) is 36.7 Å². The predicted octanol–water partition coefficient (Wildman–Crippen LogP) is 1.05. The molecule has 2 aromatic rings. The number of rotatable bonds is 2. The Kier molecular flexibility index (Phi) is 2.45. The summed E-state index contributed by atoms with van der Waals surface area (Å²) in [7, 11) is 1.34. The van der Waals surface area contributed by atoms with Crippen molar-refractivity contribution in [3.63, 3.8) is 0 Å². The number of benzene rings is 1. The van der Waals surface area contributed by atoms with Crippen LogP contribution < -0.4 is 0 Å². The van der Waals surface area contributed by atoms with Crippen LogP contribution in [-0.2, 0) is 4.74 Å². The number of hydrogen-bond donors (Lipinski definition) is 0. The van der Waals surface area contributed by atoms with Gasteiger partial charge in [0.05, 0.1) is 25.1 Å². The molecule has 76 valence electrons. The van der Waals surface area contributed by atoms with Crippen molar-refractivity contribution < 1.29 is 9.53 Å². The molecule has 0 atom stereocenters. The molecule has 0 radical (unpaired) electrons. The van der Waals surface area contributed by atoms with E-state index < -0.39 is 5.97 Å². The van der Waals surface area contributed by atoms with Crippen molar-refractivity contribution >= 4 is 5.97 Å². The second-order valence-corrected chi connectivity index (χ2v) is 2.83. The first-order valence-electron chi connectivity index (χ1n) is 4.37. The molecule has 15 heavy (non-hydrogen) atoms. The van der Waals surface area contributed by atoms with E-state index >= 15 is 0 Å². The number of carbonyl (C=O) groups is 1. The summed E-state index contributed by atoms with van der Waals surface area (Å²) in [5, 5.41) is 7.92. The van der Waals surface area contributed by atoms with Gasteiger partial charge in [-0.1, -0.05) is 12.1 Å². The molecule has 0 saturated carbocycles. The molecule has 5 nitrogen and oxygen atoms in total. The summed E-state index contributed by atoms with van der Waals surface area (Å²) in [6.07, 6.45) is 3.10. The fourth-order valence-electron chi connectivity index (χ4n) is 1.27. The molecule has 0 unspecified atom stereocenters. The van der Waals surface area contributed by atoms with E-state index in [4.69, 9.17) is 0 Å². The lowest BCUT2D eigenvalue weighted by Gasteiger charge is -2.05. The molecule has 0 saturated heterocycles. The van der Waals surface area contributed by atoms with Crippen LogP contribution >= 0.6 is 0 Å². The number of nitrogens with zero attached hydrogens (tertiary/aromatic N) is 3. The van der Waals surface area contributed by atoms with Gasteiger partial charge in [-0.2, -0.15) is 15.0 Å². The van der Waals surface area contributed by atoms with Crippen molar-refractivity contribution in [1.82, 2.24) is 15.0 Å². The van der Waals surface area contributed by atoms with Crippen molar-refractivity contribution in [3.05, 3.63) is 42.2 Å². The molecule has 0 spiro atoms. The van der Waals surface area contributed by atoms with Gasteiger partial charge in [-0.05, 0) is 12.1 Å². The summed E-state index contributed by atoms with van der Waals surface area (Å²) >= 11 is 0. The third-order valence-electron chi connectivity index (χ3n) is 1.94. The third-order valence-corrected chi connectivity index (χ3v) is 1.94. The second-order valence-electron chi connectivity index (χ2n) is 2.83. The molecule has 1 aromatic heterocycles. The van der Waals surface area contributed by atoms with E-state index in [9.17, 15) is 4.79 Å². The summed E-state index contributed by atoms with van der Waals surface area (Å²) < 4.78 is 4.67. The van der Waals surface area contributed by atoms with Gasteiger partial charge in [-0.3, -0.25) is 0 Å². The van der Waals surface area contributed by atoms with E-state index in [1.165, 1.54) is 11.9 Å². The van der Waals surface area contributed by atoms with Crippen LogP contribution in [-0.4, -0.2) is 28.1 Å². The minimum absolute atomic E-state index is 0.400. The fraction of sp³-hybridized carbons (Fsp3) is 0.100. The Morgan fingerprint density at radius 3 is 2.60 bits per heavy atom. The molecule has 0 fully saturated rings. The maximum absolute atomic E-state index is 11.4. The fourth-order valence-corrected chi connectivity index (χ4v) is 1.27. The highest BCUT2D eigenvalue weighted by atomic mass is 16.5. The number of ether oxygens (including phenoxy) is 1. The number of carbonyl (C=O) groups excluding carboxylic acids is 1. The van der Waals surface area contributed by atoms with Gasteiger partial charge in [-0.15, -0.1) is 0 Å². The van der Waals surface area contributed by atoms with Crippen molar-refractivity contribution in [1.29, 1.82) is 0 Å². The molecule has 0 bridgehead atoms. The van der Waals surface area contributed by atoms with Crippen molar-refractivity contribution in [2.45, 2.75) is 0 Å². The second kappa shape index (κ2) is 3.91. The quantitative estimate of drug-likeness (QED) is 0.684. The maximum atomic E-state index is 11.4. The Morgan fingerprint density at radius 2 is 1.93 bits per heavy atom. The molecule has 1 aromatic carbocycles. The smallest absolute Gasteiger partial charge is 0.340 e. The molecule has 0 aliphatic heterocycles. The van der Waals surface area contributed by atoms with Gasteiger partial charge >= 0.3 is 5.97 Å². The minimum Gasteiger partial charge on any atom is -0.465 e. The van der Waals surface area contributed by atoms with Gasteiger partial charge < -0.3 is 4.74 Å². The average Bonchev–Trinajstić information content (AvgIpc) is 2.81. The lowest BCUT2D eigenvalue weighted by atomic mass is 10.2. The third kappa shape index (κ3) is 1.71. The van der Waals surface area contributed by atoms with Gasteiger partial charge in [0.2, 0.25) is 0 Å². The first kappa shape index (κ1) is 9.39. The zero-order chi connectivity index (χ0) is 10.7. The molecule has 0 aliphatic rings. The topological polar surface area (TPSA) is 57.0 Å². The molecule has 0 aliphatic carbocycles. The Hall–Kier alpha value is -2.17. The molecule has 0 amide bonds. The van der Waals surface area contributed by atoms with Crippen LogP contribution in [0.1, 0.15) is 10.4 Å². The van der Waals surface area contributed by atoms with E-state index in [2.05, 4.69) is 14.9 Å². The minimum atomic E-state index is -0.400. The number of hydrogen-bond acceptors (Lipinski definition) is 4. The first-order chi connectivity index (χ1) is 7.33. The van der Waals surface area contributed by atoms with Gasteiger partial charge in [0, 0.05) is 0 Å². The van der Waals surface area contributed by atoms with Gasteiger partial charge in [0.1, 0.15) is 5.69 Å². The monoisotopic (exact) mass is 203 g/mol. The van der Waals surface area contributed by atoms with E-state index in [0.29, 0.717) is 11.3 Å². The van der Waals surface area contributed by atoms with Crippen molar-refractivity contribution in [2.75, 3.05) is 7.11 Å². The zero-order valence-electron chi connectivity index (χ0n) is 8.12. The molecule has 1 heterocycles. The Balaban J connectivity index is 2.52. The molecular formula is C10H9N3O2. The van der Waals surface area contributed by atoms with Crippen molar-refractivity contribution in [3.8, 4) is 5.69 Å². The van der Waals surface area contributed by atoms with Crippen LogP contribution in [0.3, 0.4) is 0 Å². The largest absolute Gasteiger partial charge is 0.465 e. The van der Waals surface area contributed by atoms with Crippen LogP contribution in [0.5, 0.6) is 0 Å². The molecular weight excluding hydrogens is 194 g/mol. The lowest BCUT2D eigenvalue weighted by molar-refractivity contribution is 0.0600. The van der Waals surface area contributed by atoms with Crippen LogP contribution in [0.4, 0.5) is 0 Å². The zero-order valence-corrected chi connectivity index (χ0v) is 8.12. The average molecular weight is 203 g/mol. The molecule has 2 rings (SSSR count). The maximum Gasteiger partial charge on any atom is 0.340 e. The van der Waals surface area contributed by atoms with Gasteiger partial charge in [0.15, 0.2) is 0 Å². The number of aromatic nitrogens is 3. The summed E-state index contributed by atoms with van der Waals surface area (Å²) in [5.74, 6) is -0.400. The Bertz CT molecular complexity index is 465. The number of para-hydroxylation sites is 1. The summed E-state index contributed by atoms with van der Waals surface area (Å²) in [4.78, 5) is 12.8. The van der Waals surface area contributed by atoms with Crippen molar-refractivity contribution in [2.24, 2.45) is 0 Å². The molecule has 0 N–H and O–H groups in total. The lowest BCUT2D eigenvalue weighted by Crippen LogP contribution is -2.09. The highest BCUT2D eigenvalue weighted by molar-refractivity contribution is 5.93. The van der Waals surface area contributed by atoms with Crippen LogP contribution in [0.25, 0.3) is 5.69 Å². The predicted molar refractivity (Wildman–Crippen MR) is 52.7 cm³/mol. The highest BCUT2D eigenvalue weighted by Gasteiger charge is 2.12. The van der Waals surface area contributed by atoms with Crippen LogP contribution in [0, 0.1) is 0 Å². The Morgan fingerprint density at radius 1 is 1.27 bits per heavy atom. The number of esters is 1. The SMILES string of the molecule is COC(=O)c1ccccc1-n1nccn1. The summed E-state index contributed by atoms with van der Waals surface area (Å²) in [6.45, 7) is 0. The van der Waals surface area contributed by atoms with E-state index in [1.54, 1.807) is 30.6 Å². The normalized spacial score (nSPS) is 9.93. The number of methoxy groups -OCH3 is 1. The summed E-state index contributed by atoms with van der Waals surface area (Å²) in [5.41, 5.74) is 1.05. The Labute approximate surface area is 86.3 Å². The van der Waals surface area contributed by atoms with E-state index in [-0.39, 0.29) is 0 Å².